The molecule has 14 heteroatoms. The number of rotatable bonds is 7. The maximum atomic E-state index is 13.5. The highest BCUT2D eigenvalue weighted by molar-refractivity contribution is 6.10. The summed E-state index contributed by atoms with van der Waals surface area (Å²) in [7, 11) is 0. The number of nitriles is 1. The highest BCUT2D eigenvalue weighted by atomic mass is 19.3. The first-order valence-corrected chi connectivity index (χ1v) is 10.8. The van der Waals surface area contributed by atoms with Gasteiger partial charge in [-0.25, -0.2) is 8.78 Å². The lowest BCUT2D eigenvalue weighted by Crippen LogP contribution is -2.43. The molecular formula is C23H23F2N5O7. The molecule has 0 unspecified atom stereocenters. The number of fused-ring (bicyclic) bond motifs is 1. The summed E-state index contributed by atoms with van der Waals surface area (Å²) in [6, 6.07) is 6.45. The Morgan fingerprint density at radius 3 is 2.49 bits per heavy atom. The first-order valence-electron chi connectivity index (χ1n) is 10.8. The van der Waals surface area contributed by atoms with E-state index in [4.69, 9.17) is 20.3 Å². The van der Waals surface area contributed by atoms with E-state index in [0.29, 0.717) is 5.39 Å². The van der Waals surface area contributed by atoms with Gasteiger partial charge in [-0.1, -0.05) is 12.1 Å². The maximum Gasteiger partial charge on any atom is 0.303 e. The van der Waals surface area contributed by atoms with E-state index in [9.17, 15) is 28.0 Å². The van der Waals surface area contributed by atoms with Gasteiger partial charge in [-0.05, 0) is 12.1 Å². The molecule has 37 heavy (non-hydrogen) atoms. The van der Waals surface area contributed by atoms with Gasteiger partial charge in [0.25, 0.3) is 17.8 Å². The van der Waals surface area contributed by atoms with Crippen molar-refractivity contribution in [2.45, 2.75) is 38.2 Å². The SMILES string of the molecule is CC(=O)O.N#C[C@@H]1CC(F)(F)CN1C(=O)CNC(=O)c1ccnc2c(NC(=O)CCC(=O)O)cccc12. The molecule has 1 aliphatic rings. The molecule has 0 bridgehead atoms. The van der Waals surface area contributed by atoms with Crippen molar-refractivity contribution < 1.29 is 43.0 Å². The van der Waals surface area contributed by atoms with E-state index >= 15 is 0 Å². The zero-order valence-corrected chi connectivity index (χ0v) is 19.5. The number of benzene rings is 1. The fraction of sp³-hybridized carbons (Fsp3) is 0.348. The van der Waals surface area contributed by atoms with Crippen molar-refractivity contribution in [3.63, 3.8) is 0 Å². The second-order valence-corrected chi connectivity index (χ2v) is 7.93. The number of carbonyl (C=O) groups excluding carboxylic acids is 3. The smallest absolute Gasteiger partial charge is 0.303 e. The van der Waals surface area contributed by atoms with Crippen molar-refractivity contribution in [3.8, 4) is 6.07 Å². The monoisotopic (exact) mass is 519 g/mol. The molecule has 196 valence electrons. The summed E-state index contributed by atoms with van der Waals surface area (Å²) in [6.45, 7) is -0.383. The van der Waals surface area contributed by atoms with Crippen LogP contribution in [0.5, 0.6) is 0 Å². The zero-order chi connectivity index (χ0) is 27.8. The molecule has 1 fully saturated rings. The number of carboxylic acids is 2. The maximum absolute atomic E-state index is 13.5. The Kier molecular flexibility index (Phi) is 9.53. The number of anilines is 1. The predicted octanol–water partition coefficient (Wildman–Crippen LogP) is 1.62. The van der Waals surface area contributed by atoms with Gasteiger partial charge in [0, 0.05) is 31.3 Å². The van der Waals surface area contributed by atoms with E-state index in [0.717, 1.165) is 11.8 Å². The lowest BCUT2D eigenvalue weighted by molar-refractivity contribution is -0.138. The highest BCUT2D eigenvalue weighted by Crippen LogP contribution is 2.31. The number of hydrogen-bond donors (Lipinski definition) is 4. The van der Waals surface area contributed by atoms with Crippen molar-refractivity contribution in [1.29, 1.82) is 5.26 Å². The van der Waals surface area contributed by atoms with Gasteiger partial charge in [0.1, 0.15) is 6.04 Å². The van der Waals surface area contributed by atoms with E-state index in [2.05, 4.69) is 15.6 Å². The number of nitrogens with zero attached hydrogens (tertiary/aromatic N) is 3. The molecule has 4 N–H and O–H groups in total. The predicted molar refractivity (Wildman–Crippen MR) is 124 cm³/mol. The molecule has 1 aromatic carbocycles. The summed E-state index contributed by atoms with van der Waals surface area (Å²) in [4.78, 5) is 61.5. The molecule has 3 amide bonds. The first-order chi connectivity index (χ1) is 17.3. The van der Waals surface area contributed by atoms with Crippen molar-refractivity contribution in [1.82, 2.24) is 15.2 Å². The van der Waals surface area contributed by atoms with Crippen molar-refractivity contribution in [2.75, 3.05) is 18.4 Å². The lowest BCUT2D eigenvalue weighted by Gasteiger charge is -2.19. The Hall–Kier alpha value is -4.67. The van der Waals surface area contributed by atoms with Gasteiger partial charge in [0.15, 0.2) is 0 Å². The summed E-state index contributed by atoms with van der Waals surface area (Å²) >= 11 is 0. The summed E-state index contributed by atoms with van der Waals surface area (Å²) in [5.41, 5.74) is 0.659. The molecule has 0 aliphatic carbocycles. The number of aliphatic carboxylic acids is 2. The summed E-state index contributed by atoms with van der Waals surface area (Å²) < 4.78 is 27.1. The average Bonchev–Trinajstić information content (AvgIpc) is 3.15. The number of likely N-dealkylation sites (tertiary alicyclic amines) is 1. The van der Waals surface area contributed by atoms with Gasteiger partial charge >= 0.3 is 5.97 Å². The molecule has 1 atom stereocenters. The van der Waals surface area contributed by atoms with Gasteiger partial charge < -0.3 is 25.7 Å². The van der Waals surface area contributed by atoms with Crippen LogP contribution < -0.4 is 10.6 Å². The van der Waals surface area contributed by atoms with Crippen LogP contribution in [0.15, 0.2) is 30.5 Å². The second-order valence-electron chi connectivity index (χ2n) is 7.93. The Morgan fingerprint density at radius 2 is 1.86 bits per heavy atom. The van der Waals surface area contributed by atoms with E-state index in [1.54, 1.807) is 18.2 Å². The number of para-hydroxylation sites is 1. The summed E-state index contributed by atoms with van der Waals surface area (Å²) in [5.74, 6) is -7.14. The third-order valence-electron chi connectivity index (χ3n) is 5.00. The molecule has 1 aromatic heterocycles. The molecule has 0 radical (unpaired) electrons. The standard InChI is InChI=1S/C21H19F2N5O5.C2H4O2/c22-21(23)8-12(9-24)28(11-21)17(30)10-26-20(33)14-6-7-25-19-13(14)2-1-3-15(19)27-16(29)4-5-18(31)32;1-2(3)4/h1-3,6-7,12H,4-5,8,10-11H2,(H,26,33)(H,27,29)(H,31,32);1H3,(H,3,4)/t12-;/m0./s1. The van der Waals surface area contributed by atoms with Crippen LogP contribution in [0.3, 0.4) is 0 Å². The molecule has 2 heterocycles. The van der Waals surface area contributed by atoms with Gasteiger partial charge in [0.2, 0.25) is 11.8 Å². The molecule has 1 aliphatic heterocycles. The third kappa shape index (κ3) is 8.20. The van der Waals surface area contributed by atoms with E-state index in [-0.39, 0.29) is 29.6 Å². The molecule has 1 saturated heterocycles. The summed E-state index contributed by atoms with van der Waals surface area (Å²) in [6.07, 6.45) is -0.0214. The normalized spacial score (nSPS) is 15.6. The van der Waals surface area contributed by atoms with Crippen LogP contribution in [-0.2, 0) is 19.2 Å². The van der Waals surface area contributed by atoms with Crippen LogP contribution in [-0.4, -0.2) is 74.8 Å². The Balaban J connectivity index is 0.00000112. The lowest BCUT2D eigenvalue weighted by atomic mass is 10.1. The summed E-state index contributed by atoms with van der Waals surface area (Å²) in [5, 5.41) is 30.4. The number of amides is 3. The van der Waals surface area contributed by atoms with Crippen molar-refractivity contribution in [3.05, 3.63) is 36.0 Å². The topological polar surface area (TPSA) is 190 Å². The Bertz CT molecular complexity index is 1260. The number of hydrogen-bond acceptors (Lipinski definition) is 7. The van der Waals surface area contributed by atoms with E-state index in [1.807, 2.05) is 0 Å². The van der Waals surface area contributed by atoms with Crippen LogP contribution in [0.2, 0.25) is 0 Å². The molecule has 0 saturated carbocycles. The Morgan fingerprint density at radius 1 is 1.19 bits per heavy atom. The fourth-order valence-corrected chi connectivity index (χ4v) is 3.46. The Labute approximate surface area is 208 Å². The van der Waals surface area contributed by atoms with Crippen molar-refractivity contribution >= 4 is 46.3 Å². The number of carboxylic acid groups (broad SMARTS) is 2. The first kappa shape index (κ1) is 28.6. The number of halogens is 2. The van der Waals surface area contributed by atoms with Gasteiger partial charge in [-0.15, -0.1) is 0 Å². The van der Waals surface area contributed by atoms with Crippen molar-refractivity contribution in [2.24, 2.45) is 0 Å². The molecule has 2 aromatic rings. The zero-order valence-electron chi connectivity index (χ0n) is 19.5. The highest BCUT2D eigenvalue weighted by Gasteiger charge is 2.47. The molecule has 3 rings (SSSR count). The minimum Gasteiger partial charge on any atom is -0.481 e. The van der Waals surface area contributed by atoms with Gasteiger partial charge in [-0.3, -0.25) is 29.0 Å². The number of carbonyl (C=O) groups is 5. The average molecular weight is 519 g/mol. The van der Waals surface area contributed by atoms with Crippen LogP contribution >= 0.6 is 0 Å². The van der Waals surface area contributed by atoms with E-state index < -0.39 is 61.1 Å². The van der Waals surface area contributed by atoms with Crippen LogP contribution in [0, 0.1) is 11.3 Å². The second kappa shape index (κ2) is 12.3. The largest absolute Gasteiger partial charge is 0.481 e. The van der Waals surface area contributed by atoms with Crippen LogP contribution in [0.1, 0.15) is 36.5 Å². The van der Waals surface area contributed by atoms with Gasteiger partial charge in [0.05, 0.1) is 42.3 Å². The number of alkyl halides is 2. The molecule has 12 nitrogen and oxygen atoms in total. The quantitative estimate of drug-likeness (QED) is 0.421. The fourth-order valence-electron chi connectivity index (χ4n) is 3.46. The third-order valence-corrected chi connectivity index (χ3v) is 5.00. The van der Waals surface area contributed by atoms with Gasteiger partial charge in [-0.2, -0.15) is 5.26 Å². The van der Waals surface area contributed by atoms with E-state index in [1.165, 1.54) is 18.3 Å². The number of nitrogens with one attached hydrogen (secondary N) is 2. The minimum atomic E-state index is -3.16. The van der Waals surface area contributed by atoms with Crippen LogP contribution in [0.4, 0.5) is 14.5 Å². The molecule has 0 spiro atoms. The number of aromatic nitrogens is 1. The molecular weight excluding hydrogens is 496 g/mol. The number of pyridine rings is 1. The minimum absolute atomic E-state index is 0.123. The van der Waals surface area contributed by atoms with Crippen LogP contribution in [0.25, 0.3) is 10.9 Å².